The van der Waals surface area contributed by atoms with E-state index in [2.05, 4.69) is 15.3 Å². The van der Waals surface area contributed by atoms with Gasteiger partial charge in [-0.1, -0.05) is 18.2 Å². The molecule has 0 aliphatic carbocycles. The maximum Gasteiger partial charge on any atom is 0.278 e. The largest absolute Gasteiger partial charge is 0.497 e. The van der Waals surface area contributed by atoms with Crippen LogP contribution in [0.3, 0.4) is 0 Å². The molecule has 0 radical (unpaired) electrons. The molecule has 1 N–H and O–H groups in total. The zero-order valence-electron chi connectivity index (χ0n) is 15.1. The summed E-state index contributed by atoms with van der Waals surface area (Å²) in [7, 11) is 1.59. The molecule has 0 aliphatic heterocycles. The molecule has 0 spiro atoms. The number of nitrogens with zero attached hydrogens (tertiary/aromatic N) is 2. The number of ether oxygens (including phenoxy) is 1. The first-order valence-corrected chi connectivity index (χ1v) is 8.66. The first-order chi connectivity index (χ1) is 13.7. The molecule has 1 amide bonds. The maximum absolute atomic E-state index is 12.9. The number of benzene rings is 2. The number of hydrogen-bond acceptors (Lipinski definition) is 5. The van der Waals surface area contributed by atoms with Gasteiger partial charge in [-0.3, -0.25) is 9.78 Å². The molecule has 0 bridgehead atoms. The molecule has 0 unspecified atom stereocenters. The molecule has 2 heterocycles. The van der Waals surface area contributed by atoms with Gasteiger partial charge >= 0.3 is 0 Å². The van der Waals surface area contributed by atoms with Crippen LogP contribution >= 0.6 is 0 Å². The Balaban J connectivity index is 1.71. The summed E-state index contributed by atoms with van der Waals surface area (Å²) in [6, 6.07) is 20.1. The Labute approximate surface area is 161 Å². The highest BCUT2D eigenvalue weighted by molar-refractivity contribution is 6.06. The summed E-state index contributed by atoms with van der Waals surface area (Å²) in [6.07, 6.45) is 3.29. The third kappa shape index (κ3) is 3.61. The van der Waals surface area contributed by atoms with Crippen LogP contribution in [0, 0.1) is 0 Å². The molecule has 28 heavy (non-hydrogen) atoms. The van der Waals surface area contributed by atoms with Gasteiger partial charge in [0.1, 0.15) is 5.75 Å². The van der Waals surface area contributed by atoms with Gasteiger partial charge in [-0.15, -0.1) is 0 Å². The van der Waals surface area contributed by atoms with Crippen LogP contribution in [0.5, 0.6) is 5.75 Å². The molecular weight excluding hydrogens is 354 g/mol. The molecule has 0 atom stereocenters. The van der Waals surface area contributed by atoms with Crippen LogP contribution in [0.15, 0.2) is 83.5 Å². The van der Waals surface area contributed by atoms with Crippen molar-refractivity contribution in [3.05, 3.63) is 84.8 Å². The third-order valence-corrected chi connectivity index (χ3v) is 4.15. The molecule has 0 fully saturated rings. The van der Waals surface area contributed by atoms with Crippen molar-refractivity contribution >= 4 is 11.6 Å². The molecule has 6 heteroatoms. The normalized spacial score (nSPS) is 10.5. The number of anilines is 1. The van der Waals surface area contributed by atoms with E-state index in [1.54, 1.807) is 55.9 Å². The average Bonchev–Trinajstić information content (AvgIpc) is 3.21. The molecule has 6 nitrogen and oxygen atoms in total. The number of methoxy groups -OCH3 is 1. The van der Waals surface area contributed by atoms with Crippen LogP contribution in [0.25, 0.3) is 22.8 Å². The van der Waals surface area contributed by atoms with Crippen molar-refractivity contribution in [2.24, 2.45) is 0 Å². The summed E-state index contributed by atoms with van der Waals surface area (Å²) in [5.74, 6) is 1.13. The van der Waals surface area contributed by atoms with E-state index in [1.165, 1.54) is 0 Å². The van der Waals surface area contributed by atoms with Gasteiger partial charge in [0.15, 0.2) is 11.5 Å². The number of oxazole rings is 1. The molecule has 4 rings (SSSR count). The standard InChI is InChI=1S/C22H17N3O3/c1-27-18-9-7-17(8-10-18)24-21(26)19-20(15-11-13-23-14-12-15)28-22(25-19)16-5-3-2-4-6-16/h2-14H,1H3,(H,24,26). The zero-order chi connectivity index (χ0) is 19.3. The molecule has 2 aromatic heterocycles. The first-order valence-electron chi connectivity index (χ1n) is 8.66. The van der Waals surface area contributed by atoms with Crippen LogP contribution in [-0.2, 0) is 0 Å². The lowest BCUT2D eigenvalue weighted by atomic mass is 10.1. The molecule has 2 aromatic carbocycles. The number of carbonyl (C=O) groups is 1. The number of aromatic nitrogens is 2. The highest BCUT2D eigenvalue weighted by Crippen LogP contribution is 2.30. The summed E-state index contributed by atoms with van der Waals surface area (Å²) in [4.78, 5) is 21.4. The lowest BCUT2D eigenvalue weighted by Crippen LogP contribution is -2.13. The maximum atomic E-state index is 12.9. The summed E-state index contributed by atoms with van der Waals surface area (Å²) < 4.78 is 11.1. The van der Waals surface area contributed by atoms with Crippen molar-refractivity contribution < 1.29 is 13.9 Å². The van der Waals surface area contributed by atoms with E-state index in [0.717, 1.165) is 11.1 Å². The van der Waals surface area contributed by atoms with Gasteiger partial charge < -0.3 is 14.5 Å². The Kier molecular flexibility index (Phi) is 4.84. The van der Waals surface area contributed by atoms with Gasteiger partial charge in [0.05, 0.1) is 7.11 Å². The van der Waals surface area contributed by atoms with Gasteiger partial charge in [-0.05, 0) is 48.5 Å². The van der Waals surface area contributed by atoms with Crippen molar-refractivity contribution in [1.82, 2.24) is 9.97 Å². The van der Waals surface area contributed by atoms with Gasteiger partial charge in [0.2, 0.25) is 5.89 Å². The second-order valence-electron chi connectivity index (χ2n) is 5.98. The Morgan fingerprint density at radius 3 is 2.32 bits per heavy atom. The lowest BCUT2D eigenvalue weighted by molar-refractivity contribution is 0.102. The van der Waals surface area contributed by atoms with Crippen molar-refractivity contribution in [2.75, 3.05) is 12.4 Å². The zero-order valence-corrected chi connectivity index (χ0v) is 15.1. The van der Waals surface area contributed by atoms with E-state index in [-0.39, 0.29) is 11.6 Å². The highest BCUT2D eigenvalue weighted by atomic mass is 16.5. The van der Waals surface area contributed by atoms with Gasteiger partial charge in [-0.2, -0.15) is 0 Å². The van der Waals surface area contributed by atoms with E-state index >= 15 is 0 Å². The number of pyridine rings is 1. The van der Waals surface area contributed by atoms with E-state index < -0.39 is 0 Å². The van der Waals surface area contributed by atoms with Crippen LogP contribution < -0.4 is 10.1 Å². The van der Waals surface area contributed by atoms with Crippen LogP contribution in [0.4, 0.5) is 5.69 Å². The number of nitrogens with one attached hydrogen (secondary N) is 1. The van der Waals surface area contributed by atoms with Crippen molar-refractivity contribution in [1.29, 1.82) is 0 Å². The number of carbonyl (C=O) groups excluding carboxylic acids is 1. The first kappa shape index (κ1) is 17.5. The summed E-state index contributed by atoms with van der Waals surface area (Å²) in [6.45, 7) is 0. The molecule has 4 aromatic rings. The third-order valence-electron chi connectivity index (χ3n) is 4.15. The smallest absolute Gasteiger partial charge is 0.278 e. The van der Waals surface area contributed by atoms with Crippen LogP contribution in [0.1, 0.15) is 10.5 Å². The minimum atomic E-state index is -0.358. The second-order valence-corrected chi connectivity index (χ2v) is 5.98. The van der Waals surface area contributed by atoms with E-state index in [4.69, 9.17) is 9.15 Å². The fourth-order valence-corrected chi connectivity index (χ4v) is 2.74. The van der Waals surface area contributed by atoms with Crippen molar-refractivity contribution in [2.45, 2.75) is 0 Å². The highest BCUT2D eigenvalue weighted by Gasteiger charge is 2.22. The Hall–Kier alpha value is -3.93. The van der Waals surface area contributed by atoms with Gasteiger partial charge in [0, 0.05) is 29.2 Å². The molecular formula is C22H17N3O3. The van der Waals surface area contributed by atoms with E-state index in [0.29, 0.717) is 23.1 Å². The topological polar surface area (TPSA) is 77.2 Å². The summed E-state index contributed by atoms with van der Waals surface area (Å²) in [5.41, 5.74) is 2.36. The molecule has 0 saturated carbocycles. The number of amides is 1. The Morgan fingerprint density at radius 2 is 1.64 bits per heavy atom. The van der Waals surface area contributed by atoms with Crippen molar-refractivity contribution in [3.8, 4) is 28.5 Å². The summed E-state index contributed by atoms with van der Waals surface area (Å²) >= 11 is 0. The SMILES string of the molecule is COc1ccc(NC(=O)c2nc(-c3ccccc3)oc2-c2ccncc2)cc1. The number of rotatable bonds is 5. The fraction of sp³-hybridized carbons (Fsp3) is 0.0455. The fourth-order valence-electron chi connectivity index (χ4n) is 2.74. The summed E-state index contributed by atoms with van der Waals surface area (Å²) in [5, 5.41) is 2.85. The Morgan fingerprint density at radius 1 is 0.929 bits per heavy atom. The second kappa shape index (κ2) is 7.75. The van der Waals surface area contributed by atoms with Crippen LogP contribution in [0.2, 0.25) is 0 Å². The monoisotopic (exact) mass is 371 g/mol. The van der Waals surface area contributed by atoms with E-state index in [1.807, 2.05) is 30.3 Å². The predicted octanol–water partition coefficient (Wildman–Crippen LogP) is 4.66. The lowest BCUT2D eigenvalue weighted by Gasteiger charge is -2.05. The quantitative estimate of drug-likeness (QED) is 0.552. The molecule has 0 saturated heterocycles. The van der Waals surface area contributed by atoms with Crippen molar-refractivity contribution in [3.63, 3.8) is 0 Å². The molecule has 0 aliphatic rings. The molecule has 138 valence electrons. The minimum absolute atomic E-state index is 0.209. The van der Waals surface area contributed by atoms with Crippen LogP contribution in [-0.4, -0.2) is 23.0 Å². The minimum Gasteiger partial charge on any atom is -0.497 e. The van der Waals surface area contributed by atoms with Gasteiger partial charge in [-0.25, -0.2) is 4.98 Å². The van der Waals surface area contributed by atoms with Gasteiger partial charge in [0.25, 0.3) is 5.91 Å². The van der Waals surface area contributed by atoms with E-state index in [9.17, 15) is 4.79 Å². The predicted molar refractivity (Wildman–Crippen MR) is 106 cm³/mol. The average molecular weight is 371 g/mol. The Bertz CT molecular complexity index is 1080. The number of hydrogen-bond donors (Lipinski definition) is 1.